The molecular formula is C7H10ClN4. The van der Waals surface area contributed by atoms with Crippen LogP contribution in [-0.2, 0) is 0 Å². The Morgan fingerprint density at radius 2 is 2.33 bits per heavy atom. The largest absolute Gasteiger partial charge is 0.370 e. The fourth-order valence-electron chi connectivity index (χ4n) is 0.742. The van der Waals surface area contributed by atoms with Crippen molar-refractivity contribution in [2.75, 3.05) is 17.6 Å². The maximum Gasteiger partial charge on any atom is 0.223 e. The van der Waals surface area contributed by atoms with Crippen molar-refractivity contribution in [2.45, 2.75) is 6.42 Å². The van der Waals surface area contributed by atoms with Crippen LogP contribution in [0.5, 0.6) is 0 Å². The molecule has 0 bridgehead atoms. The van der Waals surface area contributed by atoms with E-state index in [-0.39, 0.29) is 5.95 Å². The Hall–Kier alpha value is -1.03. The first-order valence-electron chi connectivity index (χ1n) is 3.55. The fourth-order valence-corrected chi connectivity index (χ4v) is 0.932. The summed E-state index contributed by atoms with van der Waals surface area (Å²) < 4.78 is 0. The quantitative estimate of drug-likeness (QED) is 0.698. The molecule has 0 saturated heterocycles. The van der Waals surface area contributed by atoms with E-state index < -0.39 is 0 Å². The molecule has 0 aliphatic heterocycles. The minimum atomic E-state index is 0.175. The van der Waals surface area contributed by atoms with Crippen molar-refractivity contribution in [3.05, 3.63) is 18.1 Å². The first-order chi connectivity index (χ1) is 5.72. The molecule has 0 aliphatic carbocycles. The molecule has 5 heteroatoms. The lowest BCUT2D eigenvalue weighted by Crippen LogP contribution is -2.04. The zero-order valence-corrected chi connectivity index (χ0v) is 7.30. The second-order valence-corrected chi connectivity index (χ2v) is 2.60. The summed E-state index contributed by atoms with van der Waals surface area (Å²) in [4.78, 5) is 7.63. The van der Waals surface area contributed by atoms with Gasteiger partial charge in [0.15, 0.2) is 0 Å². The smallest absolute Gasteiger partial charge is 0.223 e. The van der Waals surface area contributed by atoms with Crippen LogP contribution in [0.3, 0.4) is 0 Å². The van der Waals surface area contributed by atoms with Gasteiger partial charge in [0.05, 0.1) is 0 Å². The molecule has 0 aromatic carbocycles. The molecule has 0 saturated carbocycles. The number of nitrogen functional groups attached to an aromatic ring is 1. The molecule has 0 unspecified atom stereocenters. The Balaban J connectivity index is 2.72. The molecule has 1 aromatic heterocycles. The Kier molecular flexibility index (Phi) is 3.10. The van der Waals surface area contributed by atoms with Gasteiger partial charge in [-0.3, -0.25) is 0 Å². The van der Waals surface area contributed by atoms with Crippen LogP contribution in [0.15, 0.2) is 6.07 Å². The van der Waals surface area contributed by atoms with Crippen molar-refractivity contribution in [3.8, 4) is 0 Å². The van der Waals surface area contributed by atoms with E-state index in [4.69, 9.17) is 17.3 Å². The lowest BCUT2D eigenvalue weighted by atomic mass is 10.4. The summed E-state index contributed by atoms with van der Waals surface area (Å²) in [7, 11) is 0. The van der Waals surface area contributed by atoms with Gasteiger partial charge in [0, 0.05) is 12.6 Å². The Labute approximate surface area is 76.2 Å². The standard InChI is InChI=1S/C7H10ClN4/c1-2-3-10-6-4-5(8)11-7(9)12-6/h4H,1-3H2,(H3,9,10,11,12). The summed E-state index contributed by atoms with van der Waals surface area (Å²) in [6, 6.07) is 1.62. The van der Waals surface area contributed by atoms with E-state index in [2.05, 4.69) is 22.2 Å². The van der Waals surface area contributed by atoms with Crippen molar-refractivity contribution in [2.24, 2.45) is 0 Å². The summed E-state index contributed by atoms with van der Waals surface area (Å²) in [6.45, 7) is 4.42. The van der Waals surface area contributed by atoms with Crippen molar-refractivity contribution in [1.82, 2.24) is 9.97 Å². The number of hydrogen-bond acceptors (Lipinski definition) is 4. The number of anilines is 2. The minimum absolute atomic E-state index is 0.175. The molecule has 0 fully saturated rings. The van der Waals surface area contributed by atoms with E-state index in [1.807, 2.05) is 0 Å². The van der Waals surface area contributed by atoms with Gasteiger partial charge in [0.1, 0.15) is 11.0 Å². The molecule has 0 amide bonds. The maximum atomic E-state index is 5.64. The van der Waals surface area contributed by atoms with Crippen LogP contribution < -0.4 is 11.1 Å². The zero-order chi connectivity index (χ0) is 8.97. The Morgan fingerprint density at radius 1 is 1.58 bits per heavy atom. The highest BCUT2D eigenvalue weighted by molar-refractivity contribution is 6.29. The summed E-state index contributed by atoms with van der Waals surface area (Å²) in [5, 5.41) is 3.34. The Morgan fingerprint density at radius 3 is 2.92 bits per heavy atom. The molecule has 65 valence electrons. The van der Waals surface area contributed by atoms with Gasteiger partial charge in [0.2, 0.25) is 5.95 Å². The summed E-state index contributed by atoms with van der Waals surface area (Å²) in [6.07, 6.45) is 0.779. The number of nitrogens with two attached hydrogens (primary N) is 1. The fraction of sp³-hybridized carbons (Fsp3) is 0.286. The van der Waals surface area contributed by atoms with Crippen LogP contribution in [0.1, 0.15) is 6.42 Å². The molecule has 3 N–H and O–H groups in total. The zero-order valence-electron chi connectivity index (χ0n) is 6.55. The van der Waals surface area contributed by atoms with Gasteiger partial charge >= 0.3 is 0 Å². The summed E-state index contributed by atoms with van der Waals surface area (Å²) >= 11 is 5.64. The van der Waals surface area contributed by atoms with Gasteiger partial charge < -0.3 is 11.1 Å². The van der Waals surface area contributed by atoms with Crippen LogP contribution in [0.2, 0.25) is 5.15 Å². The van der Waals surface area contributed by atoms with E-state index in [0.717, 1.165) is 13.0 Å². The van der Waals surface area contributed by atoms with Gasteiger partial charge in [-0.2, -0.15) is 4.98 Å². The number of hydrogen-bond donors (Lipinski definition) is 2. The van der Waals surface area contributed by atoms with Crippen molar-refractivity contribution in [1.29, 1.82) is 0 Å². The van der Waals surface area contributed by atoms with E-state index in [1.165, 1.54) is 0 Å². The predicted molar refractivity (Wildman–Crippen MR) is 49.9 cm³/mol. The lowest BCUT2D eigenvalue weighted by Gasteiger charge is -2.03. The third-order valence-corrected chi connectivity index (χ3v) is 1.39. The first-order valence-corrected chi connectivity index (χ1v) is 3.93. The van der Waals surface area contributed by atoms with Gasteiger partial charge in [-0.05, 0) is 6.42 Å². The summed E-state index contributed by atoms with van der Waals surface area (Å²) in [5.41, 5.74) is 5.37. The Bertz CT molecular complexity index is 243. The number of rotatable bonds is 3. The molecule has 0 atom stereocenters. The van der Waals surface area contributed by atoms with E-state index >= 15 is 0 Å². The molecule has 0 aliphatic rings. The molecule has 0 spiro atoms. The average molecular weight is 186 g/mol. The first kappa shape index (κ1) is 9.06. The topological polar surface area (TPSA) is 63.8 Å². The highest BCUT2D eigenvalue weighted by atomic mass is 35.5. The van der Waals surface area contributed by atoms with E-state index in [0.29, 0.717) is 11.0 Å². The lowest BCUT2D eigenvalue weighted by molar-refractivity contribution is 1.04. The van der Waals surface area contributed by atoms with Crippen LogP contribution in [-0.4, -0.2) is 16.5 Å². The van der Waals surface area contributed by atoms with Gasteiger partial charge in [-0.25, -0.2) is 4.98 Å². The predicted octanol–water partition coefficient (Wildman–Crippen LogP) is 1.35. The number of aromatic nitrogens is 2. The molecule has 4 nitrogen and oxygen atoms in total. The minimum Gasteiger partial charge on any atom is -0.370 e. The number of nitrogens with zero attached hydrogens (tertiary/aromatic N) is 2. The maximum absolute atomic E-state index is 5.64. The number of nitrogens with one attached hydrogen (secondary N) is 1. The number of halogens is 1. The molecule has 1 radical (unpaired) electrons. The second-order valence-electron chi connectivity index (χ2n) is 2.21. The molecule has 1 heterocycles. The van der Waals surface area contributed by atoms with E-state index in [1.54, 1.807) is 6.07 Å². The average Bonchev–Trinajstić information content (AvgIpc) is 1.99. The van der Waals surface area contributed by atoms with Gasteiger partial charge in [0.25, 0.3) is 0 Å². The van der Waals surface area contributed by atoms with Crippen LogP contribution in [0.4, 0.5) is 11.8 Å². The monoisotopic (exact) mass is 185 g/mol. The second kappa shape index (κ2) is 4.11. The highest BCUT2D eigenvalue weighted by Crippen LogP contribution is 2.11. The molecule has 1 aromatic rings. The normalized spacial score (nSPS) is 9.83. The van der Waals surface area contributed by atoms with Crippen LogP contribution >= 0.6 is 11.6 Å². The third-order valence-electron chi connectivity index (χ3n) is 1.20. The van der Waals surface area contributed by atoms with Crippen LogP contribution in [0, 0.1) is 6.92 Å². The van der Waals surface area contributed by atoms with Gasteiger partial charge in [-0.15, -0.1) is 0 Å². The van der Waals surface area contributed by atoms with E-state index in [9.17, 15) is 0 Å². The van der Waals surface area contributed by atoms with Crippen molar-refractivity contribution >= 4 is 23.4 Å². The molecule has 12 heavy (non-hydrogen) atoms. The van der Waals surface area contributed by atoms with Crippen LogP contribution in [0.25, 0.3) is 0 Å². The molecule has 1 rings (SSSR count). The van der Waals surface area contributed by atoms with Crippen molar-refractivity contribution in [3.63, 3.8) is 0 Å². The van der Waals surface area contributed by atoms with Crippen molar-refractivity contribution < 1.29 is 0 Å². The van der Waals surface area contributed by atoms with Gasteiger partial charge in [-0.1, -0.05) is 18.5 Å². The third kappa shape index (κ3) is 2.54. The highest BCUT2D eigenvalue weighted by Gasteiger charge is 1.98. The molecular weight excluding hydrogens is 176 g/mol. The summed E-state index contributed by atoms with van der Waals surface area (Å²) in [5.74, 6) is 0.810. The SMILES string of the molecule is [CH2]CCNc1cc(Cl)nc(N)n1.